The number of carbonyl (C=O) groups is 1. The normalized spacial score (nSPS) is 10.6. The molecule has 144 valence electrons. The zero-order valence-corrected chi connectivity index (χ0v) is 17.0. The summed E-state index contributed by atoms with van der Waals surface area (Å²) in [5, 5.41) is 12.3. The summed E-state index contributed by atoms with van der Waals surface area (Å²) in [6, 6.07) is 16.5. The first-order valence-electron chi connectivity index (χ1n) is 9.14. The number of carbonyl (C=O) groups excluding carboxylic acids is 1. The molecular formula is C22H24N4OS. The molecule has 2 aromatic carbocycles. The fourth-order valence-corrected chi connectivity index (χ4v) is 3.75. The van der Waals surface area contributed by atoms with Crippen molar-refractivity contribution >= 4 is 17.7 Å². The predicted molar refractivity (Wildman–Crippen MR) is 114 cm³/mol. The quantitative estimate of drug-likeness (QED) is 0.467. The average Bonchev–Trinajstić information content (AvgIpc) is 3.08. The van der Waals surface area contributed by atoms with Gasteiger partial charge in [-0.15, -0.1) is 16.8 Å². The Morgan fingerprint density at radius 1 is 1.18 bits per heavy atom. The summed E-state index contributed by atoms with van der Waals surface area (Å²) in [5.74, 6) is 1.08. The number of hydrogen-bond acceptors (Lipinski definition) is 4. The van der Waals surface area contributed by atoms with Crippen LogP contribution in [0.1, 0.15) is 22.5 Å². The molecule has 0 atom stereocenters. The zero-order chi connectivity index (χ0) is 19.9. The van der Waals surface area contributed by atoms with Gasteiger partial charge in [0.2, 0.25) is 5.91 Å². The van der Waals surface area contributed by atoms with Crippen molar-refractivity contribution in [3.05, 3.63) is 83.7 Å². The highest BCUT2D eigenvalue weighted by Crippen LogP contribution is 2.26. The molecule has 0 saturated carbocycles. The first kappa shape index (κ1) is 19.9. The smallest absolute Gasteiger partial charge is 0.230 e. The monoisotopic (exact) mass is 392 g/mol. The maximum absolute atomic E-state index is 12.0. The first-order valence-corrected chi connectivity index (χ1v) is 10.1. The van der Waals surface area contributed by atoms with Crippen LogP contribution in [-0.2, 0) is 11.2 Å². The summed E-state index contributed by atoms with van der Waals surface area (Å²) in [4.78, 5) is 12.0. The maximum atomic E-state index is 12.0. The lowest BCUT2D eigenvalue weighted by molar-refractivity contribution is -0.118. The molecule has 0 saturated heterocycles. The van der Waals surface area contributed by atoms with Crippen LogP contribution in [0.2, 0.25) is 0 Å². The van der Waals surface area contributed by atoms with E-state index in [9.17, 15) is 4.79 Å². The van der Waals surface area contributed by atoms with Crippen LogP contribution in [0.4, 0.5) is 0 Å². The van der Waals surface area contributed by atoms with Gasteiger partial charge in [-0.3, -0.25) is 9.36 Å². The van der Waals surface area contributed by atoms with E-state index in [0.717, 1.165) is 17.1 Å². The van der Waals surface area contributed by atoms with Crippen LogP contribution in [0.5, 0.6) is 0 Å². The SMILES string of the molecule is C=CCNC(=O)CSc1nnc(Cc2ccccc2)n1-c1ccc(C)cc1C. The third-order valence-corrected chi connectivity index (χ3v) is 5.20. The number of aryl methyl sites for hydroxylation is 2. The van der Waals surface area contributed by atoms with E-state index in [2.05, 4.69) is 70.8 Å². The molecule has 0 aliphatic rings. The Hall–Kier alpha value is -2.86. The first-order chi connectivity index (χ1) is 13.6. The van der Waals surface area contributed by atoms with Gasteiger partial charge >= 0.3 is 0 Å². The number of rotatable bonds is 8. The molecule has 3 aromatic rings. The highest BCUT2D eigenvalue weighted by Gasteiger charge is 2.17. The van der Waals surface area contributed by atoms with Crippen LogP contribution in [-0.4, -0.2) is 33.0 Å². The molecule has 0 aliphatic carbocycles. The molecule has 0 bridgehead atoms. The van der Waals surface area contributed by atoms with Crippen molar-refractivity contribution in [1.29, 1.82) is 0 Å². The van der Waals surface area contributed by atoms with Gasteiger partial charge in [0.25, 0.3) is 0 Å². The number of amides is 1. The van der Waals surface area contributed by atoms with Crippen molar-refractivity contribution in [2.45, 2.75) is 25.4 Å². The van der Waals surface area contributed by atoms with Gasteiger partial charge in [-0.2, -0.15) is 0 Å². The Labute approximate surface area is 169 Å². The van der Waals surface area contributed by atoms with Gasteiger partial charge in [-0.05, 0) is 31.0 Å². The minimum absolute atomic E-state index is 0.0512. The summed E-state index contributed by atoms with van der Waals surface area (Å²) in [7, 11) is 0. The third-order valence-electron chi connectivity index (χ3n) is 4.27. The van der Waals surface area contributed by atoms with E-state index in [-0.39, 0.29) is 11.7 Å². The Morgan fingerprint density at radius 2 is 1.96 bits per heavy atom. The molecule has 0 fully saturated rings. The van der Waals surface area contributed by atoms with Gasteiger partial charge in [-0.1, -0.05) is 65.9 Å². The number of benzene rings is 2. The second-order valence-corrected chi connectivity index (χ2v) is 7.51. The number of nitrogens with one attached hydrogen (secondary N) is 1. The summed E-state index contributed by atoms with van der Waals surface area (Å²) < 4.78 is 2.06. The van der Waals surface area contributed by atoms with Gasteiger partial charge in [0, 0.05) is 13.0 Å². The van der Waals surface area contributed by atoms with E-state index in [4.69, 9.17) is 0 Å². The fraction of sp³-hybridized carbons (Fsp3) is 0.227. The van der Waals surface area contributed by atoms with Crippen LogP contribution >= 0.6 is 11.8 Å². The zero-order valence-electron chi connectivity index (χ0n) is 16.2. The van der Waals surface area contributed by atoms with E-state index >= 15 is 0 Å². The van der Waals surface area contributed by atoms with Crippen LogP contribution in [0.15, 0.2) is 66.3 Å². The minimum atomic E-state index is -0.0512. The molecule has 1 aromatic heterocycles. The largest absolute Gasteiger partial charge is 0.352 e. The van der Waals surface area contributed by atoms with Crippen molar-refractivity contribution in [3.8, 4) is 5.69 Å². The molecule has 0 radical (unpaired) electrons. The number of thioether (sulfide) groups is 1. The Kier molecular flexibility index (Phi) is 6.66. The number of nitrogens with zero attached hydrogens (tertiary/aromatic N) is 3. The van der Waals surface area contributed by atoms with Crippen LogP contribution in [0, 0.1) is 13.8 Å². The van der Waals surface area contributed by atoms with E-state index in [1.165, 1.54) is 22.9 Å². The van der Waals surface area contributed by atoms with Crippen molar-refractivity contribution in [3.63, 3.8) is 0 Å². The topological polar surface area (TPSA) is 59.8 Å². The van der Waals surface area contributed by atoms with Gasteiger partial charge in [0.05, 0.1) is 11.4 Å². The lowest BCUT2D eigenvalue weighted by atomic mass is 10.1. The van der Waals surface area contributed by atoms with Crippen LogP contribution in [0.3, 0.4) is 0 Å². The summed E-state index contributed by atoms with van der Waals surface area (Å²) in [5.41, 5.74) is 4.56. The maximum Gasteiger partial charge on any atom is 0.230 e. The molecule has 1 amide bonds. The highest BCUT2D eigenvalue weighted by atomic mass is 32.2. The van der Waals surface area contributed by atoms with E-state index in [1.807, 2.05) is 18.2 Å². The molecular weight excluding hydrogens is 368 g/mol. The second-order valence-electron chi connectivity index (χ2n) is 6.57. The molecule has 1 heterocycles. The predicted octanol–water partition coefficient (Wildman–Crippen LogP) is 3.87. The highest BCUT2D eigenvalue weighted by molar-refractivity contribution is 7.99. The molecule has 6 heteroatoms. The standard InChI is InChI=1S/C22H24N4OS/c1-4-12-23-21(27)15-28-22-25-24-20(14-18-8-6-5-7-9-18)26(22)19-11-10-16(2)13-17(19)3/h4-11,13H,1,12,14-15H2,2-3H3,(H,23,27). The lowest BCUT2D eigenvalue weighted by Gasteiger charge is -2.13. The van der Waals surface area contributed by atoms with Crippen LogP contribution < -0.4 is 5.32 Å². The molecule has 5 nitrogen and oxygen atoms in total. The van der Waals surface area contributed by atoms with Gasteiger partial charge in [0.1, 0.15) is 5.82 Å². The van der Waals surface area contributed by atoms with Crippen molar-refractivity contribution in [2.24, 2.45) is 0 Å². The lowest BCUT2D eigenvalue weighted by Crippen LogP contribution is -2.25. The van der Waals surface area contributed by atoms with Crippen LogP contribution in [0.25, 0.3) is 5.69 Å². The summed E-state index contributed by atoms with van der Waals surface area (Å²) >= 11 is 1.39. The van der Waals surface area contributed by atoms with E-state index in [1.54, 1.807) is 6.08 Å². The Balaban J connectivity index is 1.93. The van der Waals surface area contributed by atoms with Gasteiger partial charge in [0.15, 0.2) is 5.16 Å². The fourth-order valence-electron chi connectivity index (χ4n) is 2.95. The van der Waals surface area contributed by atoms with Crippen molar-refractivity contribution in [2.75, 3.05) is 12.3 Å². The molecule has 0 unspecified atom stereocenters. The summed E-state index contributed by atoms with van der Waals surface area (Å²) in [6.45, 7) is 8.24. The molecule has 1 N–H and O–H groups in total. The van der Waals surface area contributed by atoms with E-state index in [0.29, 0.717) is 18.1 Å². The minimum Gasteiger partial charge on any atom is -0.352 e. The molecule has 0 aliphatic heterocycles. The van der Waals surface area contributed by atoms with E-state index < -0.39 is 0 Å². The van der Waals surface area contributed by atoms with Crippen molar-refractivity contribution < 1.29 is 4.79 Å². The second kappa shape index (κ2) is 9.37. The number of aromatic nitrogens is 3. The number of hydrogen-bond donors (Lipinski definition) is 1. The van der Waals surface area contributed by atoms with Gasteiger partial charge < -0.3 is 5.32 Å². The summed E-state index contributed by atoms with van der Waals surface area (Å²) in [6.07, 6.45) is 2.34. The Bertz CT molecular complexity index is 966. The molecule has 28 heavy (non-hydrogen) atoms. The molecule has 0 spiro atoms. The van der Waals surface area contributed by atoms with Gasteiger partial charge in [-0.25, -0.2) is 0 Å². The Morgan fingerprint density at radius 3 is 2.68 bits per heavy atom. The average molecular weight is 393 g/mol. The third kappa shape index (κ3) is 4.89. The van der Waals surface area contributed by atoms with Crippen molar-refractivity contribution in [1.82, 2.24) is 20.1 Å². The molecule has 3 rings (SSSR count).